The van der Waals surface area contributed by atoms with Gasteiger partial charge in [-0.05, 0) is 41.6 Å². The van der Waals surface area contributed by atoms with Crippen molar-refractivity contribution >= 4 is 6.29 Å². The molecular weight excluding hydrogens is 244 g/mol. The number of furan rings is 1. The van der Waals surface area contributed by atoms with Gasteiger partial charge in [0.1, 0.15) is 5.76 Å². The molecule has 0 aliphatic heterocycles. The minimum atomic E-state index is 0.305. The van der Waals surface area contributed by atoms with Crippen molar-refractivity contribution in [3.05, 3.63) is 48.0 Å². The summed E-state index contributed by atoms with van der Waals surface area (Å²) >= 11 is 0. The topological polar surface area (TPSA) is 73.8 Å². The van der Waals surface area contributed by atoms with Crippen LogP contribution in [0.4, 0.5) is 0 Å². The second-order valence-electron chi connectivity index (χ2n) is 4.01. The maximum Gasteiger partial charge on any atom is 0.185 e. The Morgan fingerprint density at radius 3 is 2.84 bits per heavy atom. The minimum absolute atomic E-state index is 0.305. The van der Waals surface area contributed by atoms with Gasteiger partial charge in [-0.3, -0.25) is 4.79 Å². The van der Waals surface area contributed by atoms with Gasteiger partial charge < -0.3 is 4.42 Å². The monoisotopic (exact) mass is 254 g/mol. The molecule has 0 amide bonds. The van der Waals surface area contributed by atoms with Gasteiger partial charge in [0.2, 0.25) is 0 Å². The number of hydrogen-bond acceptors (Lipinski definition) is 5. The molecule has 6 heteroatoms. The van der Waals surface area contributed by atoms with E-state index in [0.29, 0.717) is 23.6 Å². The maximum atomic E-state index is 10.6. The molecule has 3 rings (SSSR count). The van der Waals surface area contributed by atoms with E-state index in [-0.39, 0.29) is 0 Å². The van der Waals surface area contributed by atoms with E-state index in [1.165, 1.54) is 0 Å². The first-order chi connectivity index (χ1) is 9.28. The molecule has 0 saturated carbocycles. The molecule has 0 fully saturated rings. The Kier molecular flexibility index (Phi) is 2.68. The Hall–Kier alpha value is -2.76. The predicted molar refractivity (Wildman–Crippen MR) is 67.0 cm³/mol. The molecule has 0 radical (unpaired) electrons. The largest absolute Gasteiger partial charge is 0.453 e. The van der Waals surface area contributed by atoms with E-state index < -0.39 is 0 Å². The zero-order chi connectivity index (χ0) is 13.2. The number of carbonyl (C=O) groups is 1. The molecule has 3 aromatic rings. The van der Waals surface area contributed by atoms with Gasteiger partial charge in [-0.25, -0.2) is 0 Å². The lowest BCUT2D eigenvalue weighted by Gasteiger charge is -2.03. The van der Waals surface area contributed by atoms with Crippen molar-refractivity contribution in [1.29, 1.82) is 0 Å². The number of rotatable bonds is 3. The fourth-order valence-electron chi connectivity index (χ4n) is 1.83. The summed E-state index contributed by atoms with van der Waals surface area (Å²) in [5.74, 6) is 1.64. The Morgan fingerprint density at radius 1 is 1.26 bits per heavy atom. The summed E-state index contributed by atoms with van der Waals surface area (Å²) < 4.78 is 7.02. The van der Waals surface area contributed by atoms with Crippen LogP contribution >= 0.6 is 0 Å². The summed E-state index contributed by atoms with van der Waals surface area (Å²) in [6.07, 6.45) is 0.679. The highest BCUT2D eigenvalue weighted by atomic mass is 16.3. The summed E-state index contributed by atoms with van der Waals surface area (Å²) in [7, 11) is 0. The number of aromatic nitrogens is 4. The normalized spacial score (nSPS) is 10.6. The van der Waals surface area contributed by atoms with Crippen molar-refractivity contribution in [2.24, 2.45) is 0 Å². The van der Waals surface area contributed by atoms with Crippen LogP contribution in [-0.4, -0.2) is 26.5 Å². The molecule has 0 N–H and O–H groups in total. The molecule has 0 spiro atoms. The lowest BCUT2D eigenvalue weighted by molar-refractivity contribution is 0.110. The molecule has 1 aromatic carbocycles. The van der Waals surface area contributed by atoms with Gasteiger partial charge in [0, 0.05) is 5.56 Å². The summed E-state index contributed by atoms with van der Waals surface area (Å²) in [6, 6.07) is 11.0. The minimum Gasteiger partial charge on any atom is -0.453 e. The quantitative estimate of drug-likeness (QED) is 0.669. The molecule has 0 bridgehead atoms. The third-order valence-electron chi connectivity index (χ3n) is 2.74. The van der Waals surface area contributed by atoms with Crippen molar-refractivity contribution in [3.8, 4) is 17.0 Å². The summed E-state index contributed by atoms with van der Waals surface area (Å²) in [4.78, 5) is 10.6. The average Bonchev–Trinajstić information content (AvgIpc) is 3.07. The maximum absolute atomic E-state index is 10.6. The first kappa shape index (κ1) is 11.3. The van der Waals surface area contributed by atoms with Crippen LogP contribution < -0.4 is 0 Å². The number of nitrogens with zero attached hydrogens (tertiary/aromatic N) is 4. The number of hydrogen-bond donors (Lipinski definition) is 0. The number of aryl methyl sites for hydroxylation is 1. The van der Waals surface area contributed by atoms with Crippen LogP contribution in [0.25, 0.3) is 17.0 Å². The van der Waals surface area contributed by atoms with E-state index in [1.807, 2.05) is 31.2 Å². The zero-order valence-electron chi connectivity index (χ0n) is 10.1. The molecule has 94 valence electrons. The van der Waals surface area contributed by atoms with Crippen LogP contribution in [0, 0.1) is 6.92 Å². The highest BCUT2D eigenvalue weighted by Gasteiger charge is 2.08. The van der Waals surface area contributed by atoms with Gasteiger partial charge in [0.05, 0.1) is 5.69 Å². The van der Waals surface area contributed by atoms with E-state index in [1.54, 1.807) is 16.8 Å². The summed E-state index contributed by atoms with van der Waals surface area (Å²) in [5.41, 5.74) is 1.70. The molecule has 0 aliphatic rings. The molecular formula is C13H10N4O2. The van der Waals surface area contributed by atoms with Crippen LogP contribution in [0.15, 0.2) is 40.8 Å². The average molecular weight is 254 g/mol. The molecule has 0 atom stereocenters. The zero-order valence-corrected chi connectivity index (χ0v) is 10.1. The van der Waals surface area contributed by atoms with Crippen LogP contribution in [0.5, 0.6) is 0 Å². The first-order valence-corrected chi connectivity index (χ1v) is 5.69. The van der Waals surface area contributed by atoms with Gasteiger partial charge in [-0.1, -0.05) is 12.1 Å². The molecule has 2 heterocycles. The lowest BCUT2D eigenvalue weighted by Crippen LogP contribution is -1.99. The van der Waals surface area contributed by atoms with Crippen LogP contribution in [0.2, 0.25) is 0 Å². The molecule has 2 aromatic heterocycles. The van der Waals surface area contributed by atoms with Gasteiger partial charge in [0.25, 0.3) is 0 Å². The number of tetrazole rings is 1. The highest BCUT2D eigenvalue weighted by molar-refractivity contribution is 5.73. The summed E-state index contributed by atoms with van der Waals surface area (Å²) in [5, 5.41) is 11.4. The molecule has 0 unspecified atom stereocenters. The number of benzene rings is 1. The SMILES string of the molecule is Cc1nnnn1-c1cccc(-c2ccc(C=O)o2)c1. The van der Waals surface area contributed by atoms with Gasteiger partial charge in [0.15, 0.2) is 17.9 Å². The molecule has 0 saturated heterocycles. The van der Waals surface area contributed by atoms with Gasteiger partial charge >= 0.3 is 0 Å². The lowest BCUT2D eigenvalue weighted by atomic mass is 10.1. The van der Waals surface area contributed by atoms with E-state index in [2.05, 4.69) is 15.5 Å². The second-order valence-corrected chi connectivity index (χ2v) is 4.01. The smallest absolute Gasteiger partial charge is 0.185 e. The highest BCUT2D eigenvalue weighted by Crippen LogP contribution is 2.23. The van der Waals surface area contributed by atoms with Crippen LogP contribution in [0.3, 0.4) is 0 Å². The summed E-state index contributed by atoms with van der Waals surface area (Å²) in [6.45, 7) is 1.82. The van der Waals surface area contributed by atoms with Crippen molar-refractivity contribution in [2.45, 2.75) is 6.92 Å². The van der Waals surface area contributed by atoms with Gasteiger partial charge in [-0.15, -0.1) is 5.10 Å². The first-order valence-electron chi connectivity index (χ1n) is 5.69. The Morgan fingerprint density at radius 2 is 2.16 bits per heavy atom. The molecule has 6 nitrogen and oxygen atoms in total. The van der Waals surface area contributed by atoms with Gasteiger partial charge in [-0.2, -0.15) is 4.68 Å². The Labute approximate surface area is 108 Å². The second kappa shape index (κ2) is 4.49. The fourth-order valence-corrected chi connectivity index (χ4v) is 1.83. The van der Waals surface area contributed by atoms with E-state index in [0.717, 1.165) is 11.3 Å². The van der Waals surface area contributed by atoms with Crippen molar-refractivity contribution in [2.75, 3.05) is 0 Å². The van der Waals surface area contributed by atoms with Crippen molar-refractivity contribution < 1.29 is 9.21 Å². The number of carbonyl (C=O) groups excluding carboxylic acids is 1. The standard InChI is InChI=1S/C13H10N4O2/c1-9-14-15-16-17(9)11-4-2-3-10(7-11)13-6-5-12(8-18)19-13/h2-8H,1H3. The Bertz CT molecular complexity index is 730. The van der Waals surface area contributed by atoms with E-state index >= 15 is 0 Å². The molecule has 0 aliphatic carbocycles. The van der Waals surface area contributed by atoms with Crippen molar-refractivity contribution in [3.63, 3.8) is 0 Å². The third kappa shape index (κ3) is 2.03. The van der Waals surface area contributed by atoms with E-state index in [9.17, 15) is 4.79 Å². The number of aldehydes is 1. The van der Waals surface area contributed by atoms with E-state index in [4.69, 9.17) is 4.42 Å². The van der Waals surface area contributed by atoms with Crippen LogP contribution in [0.1, 0.15) is 16.4 Å². The predicted octanol–water partition coefficient (Wildman–Crippen LogP) is 2.04. The Balaban J connectivity index is 2.05. The molecule has 19 heavy (non-hydrogen) atoms. The third-order valence-corrected chi connectivity index (χ3v) is 2.74. The van der Waals surface area contributed by atoms with Crippen LogP contribution in [-0.2, 0) is 0 Å². The fraction of sp³-hybridized carbons (Fsp3) is 0.0769. The van der Waals surface area contributed by atoms with Crippen molar-refractivity contribution in [1.82, 2.24) is 20.2 Å².